The number of hydrogen-bond acceptors (Lipinski definition) is 4. The molecule has 0 aromatic heterocycles. The van der Waals surface area contributed by atoms with E-state index >= 15 is 0 Å². The molecule has 0 aliphatic carbocycles. The summed E-state index contributed by atoms with van der Waals surface area (Å²) in [7, 11) is 0. The van der Waals surface area contributed by atoms with Crippen LogP contribution in [0, 0.1) is 0 Å². The van der Waals surface area contributed by atoms with Gasteiger partial charge in [0.2, 0.25) is 5.91 Å². The molecule has 0 fully saturated rings. The first-order chi connectivity index (χ1) is 17.3. The van der Waals surface area contributed by atoms with E-state index in [2.05, 4.69) is 5.32 Å². The minimum atomic E-state index is -1.62. The Kier molecular flexibility index (Phi) is 7.00. The molecule has 4 rings (SSSR count). The van der Waals surface area contributed by atoms with Gasteiger partial charge < -0.3 is 16.0 Å². The van der Waals surface area contributed by atoms with Gasteiger partial charge in [-0.05, 0) is 50.2 Å². The van der Waals surface area contributed by atoms with Crippen LogP contribution in [0.3, 0.4) is 0 Å². The summed E-state index contributed by atoms with van der Waals surface area (Å²) in [5.41, 5.74) is 7.28. The third-order valence-electron chi connectivity index (χ3n) is 5.81. The van der Waals surface area contributed by atoms with Crippen molar-refractivity contribution in [3.8, 4) is 0 Å². The number of nitrogens with two attached hydrogens (primary N) is 1. The second kappa shape index (κ2) is 10.3. The van der Waals surface area contributed by atoms with Crippen molar-refractivity contribution in [1.82, 2.24) is 5.32 Å². The largest absolute Gasteiger partial charge is 0.352 e. The van der Waals surface area contributed by atoms with Gasteiger partial charge in [0, 0.05) is 17.4 Å². The Labute approximate surface area is 209 Å². The van der Waals surface area contributed by atoms with Crippen molar-refractivity contribution in [3.05, 3.63) is 84.9 Å². The lowest BCUT2D eigenvalue weighted by molar-refractivity contribution is -0.129. The number of urea groups is 1. The molecule has 9 nitrogen and oxygen atoms in total. The Bertz CT molecular complexity index is 1280. The van der Waals surface area contributed by atoms with E-state index < -0.39 is 23.9 Å². The highest BCUT2D eigenvalue weighted by molar-refractivity contribution is 6.24. The Balaban J connectivity index is 1.82. The number of carbonyl (C=O) groups excluding carboxylic acids is 4. The molecule has 36 heavy (non-hydrogen) atoms. The van der Waals surface area contributed by atoms with E-state index in [1.165, 1.54) is 9.80 Å². The molecule has 0 radical (unpaired) electrons. The molecule has 3 aromatic carbocycles. The first kappa shape index (κ1) is 24.5. The lowest BCUT2D eigenvalue weighted by Crippen LogP contribution is -2.57. The maximum Gasteiger partial charge on any atom is 0.313 e. The smallest absolute Gasteiger partial charge is 0.313 e. The van der Waals surface area contributed by atoms with Crippen LogP contribution in [-0.4, -0.2) is 42.4 Å². The fourth-order valence-corrected chi connectivity index (χ4v) is 4.31. The van der Waals surface area contributed by atoms with Gasteiger partial charge in [-0.25, -0.2) is 4.79 Å². The highest BCUT2D eigenvalue weighted by Crippen LogP contribution is 2.38. The van der Waals surface area contributed by atoms with Crippen molar-refractivity contribution in [2.75, 3.05) is 21.2 Å². The van der Waals surface area contributed by atoms with Crippen LogP contribution in [0.5, 0.6) is 0 Å². The monoisotopic (exact) mass is 485 g/mol. The van der Waals surface area contributed by atoms with Crippen molar-refractivity contribution in [1.29, 1.82) is 0 Å². The molecule has 1 aliphatic heterocycles. The number of nitrogens with zero attached hydrogens (tertiary/aromatic N) is 3. The molecule has 3 N–H and O–H groups in total. The summed E-state index contributed by atoms with van der Waals surface area (Å²) in [6.45, 7) is 3.40. The fraction of sp³-hybridized carbons (Fsp3) is 0.185. The van der Waals surface area contributed by atoms with Crippen LogP contribution in [0.2, 0.25) is 0 Å². The number of fused-ring (bicyclic) bond motifs is 1. The van der Waals surface area contributed by atoms with Crippen molar-refractivity contribution in [2.45, 2.75) is 25.9 Å². The van der Waals surface area contributed by atoms with E-state index in [9.17, 15) is 19.2 Å². The van der Waals surface area contributed by atoms with Gasteiger partial charge in [0.1, 0.15) is 6.54 Å². The number of benzene rings is 3. The van der Waals surface area contributed by atoms with E-state index in [4.69, 9.17) is 5.73 Å². The van der Waals surface area contributed by atoms with Crippen LogP contribution in [0.1, 0.15) is 13.8 Å². The standard InChI is InChI=1S/C27H27N5O4/c1-18(2)31(19-11-5-3-6-12-19)23(33)17-30-21-15-9-10-16-22(21)32(20-13-7-4-8-14-20)26(35)24(25(30)34)29-27(28)36/h3-16,18,24H,17H2,1-2H3,(H3,28,29,36). The number of rotatable bonds is 6. The first-order valence-corrected chi connectivity index (χ1v) is 11.5. The van der Waals surface area contributed by atoms with E-state index in [-0.39, 0.29) is 18.5 Å². The molecule has 1 unspecified atom stereocenters. The lowest BCUT2D eigenvalue weighted by Gasteiger charge is -2.31. The molecule has 1 aliphatic rings. The number of hydrogen-bond donors (Lipinski definition) is 2. The predicted molar refractivity (Wildman–Crippen MR) is 138 cm³/mol. The second-order valence-electron chi connectivity index (χ2n) is 8.56. The normalized spacial score (nSPS) is 15.4. The summed E-state index contributed by atoms with van der Waals surface area (Å²) in [5.74, 6) is -1.79. The summed E-state index contributed by atoms with van der Waals surface area (Å²) in [6.07, 6.45) is 0. The fourth-order valence-electron chi connectivity index (χ4n) is 4.31. The minimum absolute atomic E-state index is 0.195. The molecule has 1 heterocycles. The van der Waals surface area contributed by atoms with Crippen LogP contribution in [0.4, 0.5) is 27.5 Å². The molecule has 1 atom stereocenters. The Morgan fingerprint density at radius 2 is 1.42 bits per heavy atom. The van der Waals surface area contributed by atoms with Crippen LogP contribution < -0.4 is 25.8 Å². The first-order valence-electron chi connectivity index (χ1n) is 11.5. The highest BCUT2D eigenvalue weighted by atomic mass is 16.2. The van der Waals surface area contributed by atoms with Gasteiger partial charge in [0.15, 0.2) is 6.04 Å². The van der Waals surface area contributed by atoms with Gasteiger partial charge >= 0.3 is 6.03 Å². The summed E-state index contributed by atoms with van der Waals surface area (Å²) >= 11 is 0. The summed E-state index contributed by atoms with van der Waals surface area (Å²) in [5, 5.41) is 2.27. The number of para-hydroxylation sites is 4. The average molecular weight is 486 g/mol. The number of primary amides is 1. The van der Waals surface area contributed by atoms with Crippen molar-refractivity contribution in [2.24, 2.45) is 5.73 Å². The quantitative estimate of drug-likeness (QED) is 0.522. The number of amides is 5. The Morgan fingerprint density at radius 3 is 2.00 bits per heavy atom. The van der Waals surface area contributed by atoms with E-state index in [0.717, 1.165) is 0 Å². The van der Waals surface area contributed by atoms with Crippen LogP contribution >= 0.6 is 0 Å². The predicted octanol–water partition coefficient (Wildman–Crippen LogP) is 3.18. The zero-order valence-electron chi connectivity index (χ0n) is 20.0. The van der Waals surface area contributed by atoms with E-state index in [1.807, 2.05) is 44.2 Å². The third kappa shape index (κ3) is 4.76. The second-order valence-corrected chi connectivity index (χ2v) is 8.56. The van der Waals surface area contributed by atoms with Gasteiger partial charge in [0.25, 0.3) is 11.8 Å². The Morgan fingerprint density at radius 1 is 0.861 bits per heavy atom. The van der Waals surface area contributed by atoms with Gasteiger partial charge in [0.05, 0.1) is 11.4 Å². The zero-order chi connectivity index (χ0) is 25.8. The SMILES string of the molecule is CC(C)N(C(=O)CN1C(=O)C(NC(N)=O)C(=O)N(c2ccccc2)c2ccccc21)c1ccccc1. The van der Waals surface area contributed by atoms with Gasteiger partial charge in [-0.3, -0.25) is 24.2 Å². The van der Waals surface area contributed by atoms with Gasteiger partial charge in [-0.2, -0.15) is 0 Å². The van der Waals surface area contributed by atoms with Crippen molar-refractivity contribution in [3.63, 3.8) is 0 Å². The highest BCUT2D eigenvalue weighted by Gasteiger charge is 2.42. The Hall–Kier alpha value is -4.66. The van der Waals surface area contributed by atoms with Crippen LogP contribution in [0.15, 0.2) is 84.9 Å². The molecule has 184 valence electrons. The molecular formula is C27H27N5O4. The van der Waals surface area contributed by atoms with Gasteiger partial charge in [-0.15, -0.1) is 0 Å². The van der Waals surface area contributed by atoms with Crippen LogP contribution in [0.25, 0.3) is 0 Å². The molecule has 0 saturated carbocycles. The maximum atomic E-state index is 13.7. The molecule has 5 amide bonds. The van der Waals surface area contributed by atoms with Crippen LogP contribution in [-0.2, 0) is 14.4 Å². The van der Waals surface area contributed by atoms with Gasteiger partial charge in [-0.1, -0.05) is 48.5 Å². The summed E-state index contributed by atoms with van der Waals surface area (Å²) < 4.78 is 0. The minimum Gasteiger partial charge on any atom is -0.352 e. The molecule has 0 bridgehead atoms. The third-order valence-corrected chi connectivity index (χ3v) is 5.81. The number of anilines is 4. The lowest BCUT2D eigenvalue weighted by atomic mass is 10.2. The molecular weight excluding hydrogens is 458 g/mol. The van der Waals surface area contributed by atoms with E-state index in [0.29, 0.717) is 22.7 Å². The number of carbonyl (C=O) groups is 4. The van der Waals surface area contributed by atoms with Crippen molar-refractivity contribution < 1.29 is 19.2 Å². The molecule has 3 aromatic rings. The summed E-state index contributed by atoms with van der Waals surface area (Å²) in [6, 6.07) is 21.9. The summed E-state index contributed by atoms with van der Waals surface area (Å²) in [4.78, 5) is 57.0. The molecule has 9 heteroatoms. The topological polar surface area (TPSA) is 116 Å². The molecule has 0 saturated heterocycles. The maximum absolute atomic E-state index is 13.7. The molecule has 0 spiro atoms. The zero-order valence-corrected chi connectivity index (χ0v) is 20.0. The van der Waals surface area contributed by atoms with E-state index in [1.54, 1.807) is 59.5 Å². The average Bonchev–Trinajstić information content (AvgIpc) is 2.94. The number of nitrogens with one attached hydrogen (secondary N) is 1. The van der Waals surface area contributed by atoms with Crippen molar-refractivity contribution >= 4 is 46.5 Å².